The molecule has 0 saturated carbocycles. The molecule has 0 aromatic heterocycles. The Labute approximate surface area is 147 Å². The summed E-state index contributed by atoms with van der Waals surface area (Å²) in [7, 11) is -0.815. The van der Waals surface area contributed by atoms with E-state index in [9.17, 15) is 9.36 Å². The predicted molar refractivity (Wildman–Crippen MR) is 95.9 cm³/mol. The van der Waals surface area contributed by atoms with E-state index in [2.05, 4.69) is 0 Å². The highest BCUT2D eigenvalue weighted by molar-refractivity contribution is 7.54. The number of hydrogen-bond acceptors (Lipinski definition) is 4. The molecule has 0 fully saturated rings. The van der Waals surface area contributed by atoms with Gasteiger partial charge in [-0.2, -0.15) is 0 Å². The summed E-state index contributed by atoms with van der Waals surface area (Å²) >= 11 is 6.32. The van der Waals surface area contributed by atoms with Gasteiger partial charge in [-0.1, -0.05) is 60.1 Å². The Kier molecular flexibility index (Phi) is 6.76. The Balaban J connectivity index is 2.30. The summed E-state index contributed by atoms with van der Waals surface area (Å²) in [5, 5.41) is 0.598. The maximum atomic E-state index is 12.5. The van der Waals surface area contributed by atoms with Gasteiger partial charge in [-0.25, -0.2) is 0 Å². The summed E-state index contributed by atoms with van der Waals surface area (Å²) in [4.78, 5) is 12.5. The molecule has 0 unspecified atom stereocenters. The van der Waals surface area contributed by atoms with Crippen LogP contribution in [0.1, 0.15) is 23.5 Å². The molecule has 0 aliphatic heterocycles. The highest BCUT2D eigenvalue weighted by Gasteiger charge is 2.28. The van der Waals surface area contributed by atoms with Crippen LogP contribution in [0.5, 0.6) is 0 Å². The first-order valence-corrected chi connectivity index (χ1v) is 9.61. The third-order valence-corrected chi connectivity index (χ3v) is 6.04. The van der Waals surface area contributed by atoms with Gasteiger partial charge in [0.1, 0.15) is 11.9 Å². The van der Waals surface area contributed by atoms with E-state index in [1.807, 2.05) is 48.5 Å². The quantitative estimate of drug-likeness (QED) is 0.622. The van der Waals surface area contributed by atoms with Crippen molar-refractivity contribution in [3.05, 3.63) is 70.7 Å². The summed E-state index contributed by atoms with van der Waals surface area (Å²) in [6.45, 7) is 0. The van der Waals surface area contributed by atoms with Gasteiger partial charge < -0.3 is 9.05 Å². The van der Waals surface area contributed by atoms with Gasteiger partial charge in [-0.3, -0.25) is 9.36 Å². The molecule has 1 atom stereocenters. The van der Waals surface area contributed by atoms with E-state index in [-0.39, 0.29) is 24.3 Å². The number of carbonyl (C=O) groups excluding carboxylic acids is 1. The number of hydrogen-bond donors (Lipinski definition) is 0. The molecular weight excluding hydrogens is 347 g/mol. The first-order chi connectivity index (χ1) is 11.5. The average molecular weight is 367 g/mol. The third kappa shape index (κ3) is 4.78. The van der Waals surface area contributed by atoms with Crippen molar-refractivity contribution in [1.82, 2.24) is 0 Å². The van der Waals surface area contributed by atoms with E-state index in [0.29, 0.717) is 5.02 Å². The van der Waals surface area contributed by atoms with Gasteiger partial charge in [0.15, 0.2) is 0 Å². The molecule has 0 bridgehead atoms. The van der Waals surface area contributed by atoms with E-state index in [0.717, 1.165) is 11.1 Å². The van der Waals surface area contributed by atoms with Crippen LogP contribution in [-0.2, 0) is 18.4 Å². The highest BCUT2D eigenvalue weighted by atomic mass is 35.5. The Hall–Kier alpha value is -1.45. The number of halogens is 1. The molecule has 4 nitrogen and oxygen atoms in total. The molecule has 128 valence electrons. The van der Waals surface area contributed by atoms with Gasteiger partial charge in [0.25, 0.3) is 0 Å². The standard InChI is InChI=1S/C18H20ClO4P/c1-22-24(21,23-2)13-15(20)12-17(14-8-4-3-5-9-14)16-10-6-7-11-18(16)19/h3-11,17H,12-13H2,1-2H3/t17-/m0/s1. The van der Waals surface area contributed by atoms with Crippen molar-refractivity contribution >= 4 is 25.0 Å². The second-order valence-corrected chi connectivity index (χ2v) is 8.04. The first-order valence-electron chi connectivity index (χ1n) is 7.50. The zero-order valence-corrected chi connectivity index (χ0v) is 15.3. The molecule has 0 aliphatic carbocycles. The van der Waals surface area contributed by atoms with E-state index in [4.69, 9.17) is 20.6 Å². The number of rotatable bonds is 8. The molecule has 0 saturated heterocycles. The molecule has 0 aliphatic rings. The minimum Gasteiger partial charge on any atom is -0.312 e. The fourth-order valence-corrected chi connectivity index (χ4v) is 3.80. The average Bonchev–Trinajstić information content (AvgIpc) is 2.61. The van der Waals surface area contributed by atoms with E-state index in [1.165, 1.54) is 14.2 Å². The molecule has 0 heterocycles. The lowest BCUT2D eigenvalue weighted by molar-refractivity contribution is -0.117. The lowest BCUT2D eigenvalue weighted by Gasteiger charge is -2.20. The zero-order chi connectivity index (χ0) is 17.6. The molecule has 2 aromatic rings. The van der Waals surface area contributed by atoms with Crippen LogP contribution >= 0.6 is 19.2 Å². The van der Waals surface area contributed by atoms with Crippen LogP contribution in [0.3, 0.4) is 0 Å². The van der Waals surface area contributed by atoms with Crippen LogP contribution < -0.4 is 0 Å². The molecule has 0 spiro atoms. The minimum atomic E-state index is -3.37. The summed E-state index contributed by atoms with van der Waals surface area (Å²) in [5.74, 6) is -0.412. The van der Waals surface area contributed by atoms with Crippen LogP contribution in [0, 0.1) is 0 Å². The summed E-state index contributed by atoms with van der Waals surface area (Å²) < 4.78 is 21.9. The van der Waals surface area contributed by atoms with Crippen molar-refractivity contribution in [2.75, 3.05) is 20.4 Å². The summed E-state index contributed by atoms with van der Waals surface area (Å²) in [5.41, 5.74) is 1.84. The smallest absolute Gasteiger partial charge is 0.312 e. The fourth-order valence-electron chi connectivity index (χ4n) is 2.56. The molecule has 2 aromatic carbocycles. The van der Waals surface area contributed by atoms with Crippen molar-refractivity contribution in [3.63, 3.8) is 0 Å². The summed E-state index contributed by atoms with van der Waals surface area (Å²) in [6.07, 6.45) is -0.0851. The highest BCUT2D eigenvalue weighted by Crippen LogP contribution is 2.47. The SMILES string of the molecule is COP(=O)(CC(=O)C[C@@H](c1ccccc1)c1ccccc1Cl)OC. The van der Waals surface area contributed by atoms with Gasteiger partial charge in [0.2, 0.25) is 0 Å². The second-order valence-electron chi connectivity index (χ2n) is 5.36. The van der Waals surface area contributed by atoms with Crippen molar-refractivity contribution in [2.24, 2.45) is 0 Å². The van der Waals surface area contributed by atoms with Crippen LogP contribution in [0.2, 0.25) is 5.02 Å². The fraction of sp³-hybridized carbons (Fsp3) is 0.278. The minimum absolute atomic E-state index is 0.171. The van der Waals surface area contributed by atoms with E-state index < -0.39 is 7.60 Å². The Morgan fingerprint density at radius 1 is 1.04 bits per heavy atom. The Morgan fingerprint density at radius 3 is 2.21 bits per heavy atom. The van der Waals surface area contributed by atoms with Gasteiger partial charge in [0, 0.05) is 31.6 Å². The Bertz CT molecular complexity index is 725. The van der Waals surface area contributed by atoms with Gasteiger partial charge in [-0.15, -0.1) is 0 Å². The lowest BCUT2D eigenvalue weighted by atomic mass is 9.87. The predicted octanol–water partition coefficient (Wildman–Crippen LogP) is 4.92. The molecule has 0 amide bonds. The number of ketones is 1. The van der Waals surface area contributed by atoms with Crippen molar-refractivity contribution in [2.45, 2.75) is 12.3 Å². The number of carbonyl (C=O) groups is 1. The van der Waals surface area contributed by atoms with Crippen molar-refractivity contribution in [1.29, 1.82) is 0 Å². The molecule has 2 rings (SSSR count). The summed E-state index contributed by atoms with van der Waals surface area (Å²) in [6, 6.07) is 17.1. The zero-order valence-electron chi connectivity index (χ0n) is 13.6. The second kappa shape index (κ2) is 8.59. The molecular formula is C18H20ClO4P. The number of Topliss-reactive ketones (excluding diaryl/α,β-unsaturated/α-hetero) is 1. The Morgan fingerprint density at radius 2 is 1.62 bits per heavy atom. The maximum Gasteiger partial charge on any atom is 0.337 e. The van der Waals surface area contributed by atoms with Crippen molar-refractivity contribution in [3.8, 4) is 0 Å². The molecule has 0 N–H and O–H groups in total. The lowest BCUT2D eigenvalue weighted by Crippen LogP contribution is -2.14. The van der Waals surface area contributed by atoms with Gasteiger partial charge >= 0.3 is 7.60 Å². The first kappa shape index (κ1) is 18.9. The van der Waals surface area contributed by atoms with Gasteiger partial charge in [0.05, 0.1) is 0 Å². The largest absolute Gasteiger partial charge is 0.337 e. The van der Waals surface area contributed by atoms with Gasteiger partial charge in [-0.05, 0) is 17.2 Å². The van der Waals surface area contributed by atoms with E-state index in [1.54, 1.807) is 6.07 Å². The normalized spacial score (nSPS) is 12.8. The topological polar surface area (TPSA) is 52.6 Å². The van der Waals surface area contributed by atoms with Crippen molar-refractivity contribution < 1.29 is 18.4 Å². The van der Waals surface area contributed by atoms with Crippen LogP contribution in [0.25, 0.3) is 0 Å². The maximum absolute atomic E-state index is 12.5. The van der Waals surface area contributed by atoms with E-state index >= 15 is 0 Å². The molecule has 6 heteroatoms. The monoisotopic (exact) mass is 366 g/mol. The third-order valence-electron chi connectivity index (χ3n) is 3.84. The van der Waals surface area contributed by atoms with Crippen LogP contribution in [0.4, 0.5) is 0 Å². The van der Waals surface area contributed by atoms with Crippen LogP contribution in [-0.4, -0.2) is 26.2 Å². The number of benzene rings is 2. The molecule has 0 radical (unpaired) electrons. The molecule has 24 heavy (non-hydrogen) atoms. The van der Waals surface area contributed by atoms with Crippen LogP contribution in [0.15, 0.2) is 54.6 Å².